The van der Waals surface area contributed by atoms with E-state index in [0.29, 0.717) is 5.92 Å². The van der Waals surface area contributed by atoms with Crippen LogP contribution in [0.2, 0.25) is 0 Å². The van der Waals surface area contributed by atoms with Gasteiger partial charge in [0.05, 0.1) is 16.6 Å². The molecule has 1 unspecified atom stereocenters. The van der Waals surface area contributed by atoms with Crippen molar-refractivity contribution in [1.82, 2.24) is 14.9 Å². The van der Waals surface area contributed by atoms with Gasteiger partial charge in [-0.15, -0.1) is 16.4 Å². The Kier molecular flexibility index (Phi) is 4.89. The van der Waals surface area contributed by atoms with Gasteiger partial charge in [-0.2, -0.15) is 0 Å². The van der Waals surface area contributed by atoms with Crippen molar-refractivity contribution in [3.05, 3.63) is 31.4 Å². The normalized spacial score (nSPS) is 13.2. The van der Waals surface area contributed by atoms with Crippen LogP contribution in [0.3, 0.4) is 0 Å². The van der Waals surface area contributed by atoms with Crippen LogP contribution >= 0.6 is 38.8 Å². The minimum atomic E-state index is 0.196. The van der Waals surface area contributed by atoms with Crippen molar-refractivity contribution in [2.45, 2.75) is 32.7 Å². The highest BCUT2D eigenvalue weighted by Gasteiger charge is 2.24. The lowest BCUT2D eigenvalue weighted by molar-refractivity contribution is 0.632. The van der Waals surface area contributed by atoms with Gasteiger partial charge in [0.1, 0.15) is 0 Å². The first kappa shape index (κ1) is 14.1. The summed E-state index contributed by atoms with van der Waals surface area (Å²) >= 11 is 6.87. The van der Waals surface area contributed by atoms with Crippen LogP contribution < -0.4 is 5.32 Å². The summed E-state index contributed by atoms with van der Waals surface area (Å²) in [5.74, 6) is 0.402. The van der Waals surface area contributed by atoms with E-state index in [1.165, 1.54) is 21.3 Å². The second kappa shape index (κ2) is 6.23. The molecule has 2 aromatic rings. The van der Waals surface area contributed by atoms with Gasteiger partial charge in [0, 0.05) is 9.35 Å². The molecular formula is C12H16BrN3S2. The third-order valence-corrected chi connectivity index (χ3v) is 5.40. The van der Waals surface area contributed by atoms with E-state index in [0.717, 1.165) is 16.7 Å². The second-order valence-corrected chi connectivity index (χ2v) is 6.89. The Morgan fingerprint density at radius 3 is 2.72 bits per heavy atom. The molecule has 2 heterocycles. The van der Waals surface area contributed by atoms with E-state index in [9.17, 15) is 0 Å². The summed E-state index contributed by atoms with van der Waals surface area (Å²) in [5, 5.41) is 9.92. The number of thiophene rings is 1. The van der Waals surface area contributed by atoms with Gasteiger partial charge in [-0.3, -0.25) is 0 Å². The van der Waals surface area contributed by atoms with Crippen molar-refractivity contribution in [2.24, 2.45) is 0 Å². The van der Waals surface area contributed by atoms with Crippen molar-refractivity contribution in [1.29, 1.82) is 0 Å². The average Bonchev–Trinajstić information content (AvgIpc) is 2.94. The molecule has 2 aromatic heterocycles. The average molecular weight is 346 g/mol. The minimum absolute atomic E-state index is 0.196. The number of rotatable bonds is 5. The first-order chi connectivity index (χ1) is 8.65. The lowest BCUT2D eigenvalue weighted by atomic mass is 10.1. The zero-order chi connectivity index (χ0) is 13.1. The van der Waals surface area contributed by atoms with E-state index in [4.69, 9.17) is 0 Å². The molecule has 6 heteroatoms. The Morgan fingerprint density at radius 2 is 2.17 bits per heavy atom. The summed E-state index contributed by atoms with van der Waals surface area (Å²) in [4.78, 5) is 2.53. The fraction of sp³-hybridized carbons (Fsp3) is 0.500. The van der Waals surface area contributed by atoms with E-state index in [2.05, 4.69) is 63.1 Å². The van der Waals surface area contributed by atoms with Crippen LogP contribution in [0.4, 0.5) is 0 Å². The molecule has 0 amide bonds. The van der Waals surface area contributed by atoms with Crippen LogP contribution in [-0.2, 0) is 0 Å². The number of hydrogen-bond acceptors (Lipinski definition) is 5. The summed E-state index contributed by atoms with van der Waals surface area (Å²) in [6, 6.07) is 2.29. The van der Waals surface area contributed by atoms with E-state index >= 15 is 0 Å². The van der Waals surface area contributed by atoms with Crippen LogP contribution in [0.25, 0.3) is 0 Å². The molecule has 0 spiro atoms. The van der Waals surface area contributed by atoms with Crippen molar-refractivity contribution >= 4 is 38.8 Å². The van der Waals surface area contributed by atoms with Gasteiger partial charge in [-0.1, -0.05) is 25.3 Å². The number of halogens is 1. The Bertz CT molecular complexity index is 507. The third-order valence-electron chi connectivity index (χ3n) is 2.66. The molecule has 0 aliphatic carbocycles. The predicted molar refractivity (Wildman–Crippen MR) is 81.5 cm³/mol. The summed E-state index contributed by atoms with van der Waals surface area (Å²) in [5.41, 5.74) is 1.10. The molecule has 0 radical (unpaired) electrons. The zero-order valence-electron chi connectivity index (χ0n) is 10.6. The Morgan fingerprint density at radius 1 is 1.39 bits per heavy atom. The lowest BCUT2D eigenvalue weighted by Crippen LogP contribution is -2.21. The molecule has 0 saturated carbocycles. The number of aromatic nitrogens is 2. The molecule has 0 bridgehead atoms. The standard InChI is InChI=1S/C12H16BrN3S2/c1-4-14-10(11-8(13)5-6-17-11)12-9(7(2)3)15-16-18-12/h5-7,10,14H,4H2,1-3H3. The summed E-state index contributed by atoms with van der Waals surface area (Å²) in [6.45, 7) is 7.36. The summed E-state index contributed by atoms with van der Waals surface area (Å²) in [6.07, 6.45) is 0. The first-order valence-corrected chi connectivity index (χ1v) is 8.38. The van der Waals surface area contributed by atoms with E-state index < -0.39 is 0 Å². The Labute approximate surface area is 124 Å². The summed E-state index contributed by atoms with van der Waals surface area (Å²) < 4.78 is 5.28. The van der Waals surface area contributed by atoms with Crippen LogP contribution in [0.5, 0.6) is 0 Å². The van der Waals surface area contributed by atoms with Crippen LogP contribution in [-0.4, -0.2) is 16.1 Å². The Hall–Kier alpha value is -0.300. The third kappa shape index (κ3) is 2.82. The minimum Gasteiger partial charge on any atom is -0.305 e. The monoisotopic (exact) mass is 345 g/mol. The Balaban J connectivity index is 2.42. The number of hydrogen-bond donors (Lipinski definition) is 1. The van der Waals surface area contributed by atoms with Crippen LogP contribution in [0.1, 0.15) is 48.2 Å². The molecule has 18 heavy (non-hydrogen) atoms. The van der Waals surface area contributed by atoms with Gasteiger partial charge in [0.2, 0.25) is 0 Å². The topological polar surface area (TPSA) is 37.8 Å². The molecule has 1 N–H and O–H groups in total. The summed E-state index contributed by atoms with van der Waals surface area (Å²) in [7, 11) is 0. The highest BCUT2D eigenvalue weighted by Crippen LogP contribution is 2.37. The molecule has 0 fully saturated rings. The van der Waals surface area contributed by atoms with Gasteiger partial charge < -0.3 is 5.32 Å². The fourth-order valence-corrected chi connectivity index (χ4v) is 4.48. The highest BCUT2D eigenvalue weighted by molar-refractivity contribution is 9.10. The molecule has 0 saturated heterocycles. The van der Waals surface area contributed by atoms with Gasteiger partial charge >= 0.3 is 0 Å². The second-order valence-electron chi connectivity index (χ2n) is 4.30. The van der Waals surface area contributed by atoms with Crippen LogP contribution in [0.15, 0.2) is 15.9 Å². The molecule has 2 rings (SSSR count). The lowest BCUT2D eigenvalue weighted by Gasteiger charge is -2.17. The van der Waals surface area contributed by atoms with Crippen molar-refractivity contribution in [3.63, 3.8) is 0 Å². The number of nitrogens with one attached hydrogen (secondary N) is 1. The maximum atomic E-state index is 4.28. The van der Waals surface area contributed by atoms with Gasteiger partial charge in [0.25, 0.3) is 0 Å². The molecule has 98 valence electrons. The molecule has 0 aromatic carbocycles. The predicted octanol–water partition coefficient (Wildman–Crippen LogP) is 4.18. The smallest absolute Gasteiger partial charge is 0.0832 e. The molecule has 3 nitrogen and oxygen atoms in total. The van der Waals surface area contributed by atoms with E-state index in [1.807, 2.05) is 0 Å². The molecule has 1 atom stereocenters. The van der Waals surface area contributed by atoms with Gasteiger partial charge in [-0.25, -0.2) is 0 Å². The fourth-order valence-electron chi connectivity index (χ4n) is 1.83. The maximum Gasteiger partial charge on any atom is 0.0832 e. The van der Waals surface area contributed by atoms with Gasteiger partial charge in [0.15, 0.2) is 0 Å². The maximum absolute atomic E-state index is 4.28. The van der Waals surface area contributed by atoms with Crippen molar-refractivity contribution in [2.75, 3.05) is 6.54 Å². The molecule has 0 aliphatic heterocycles. The quantitative estimate of drug-likeness (QED) is 0.882. The van der Waals surface area contributed by atoms with Gasteiger partial charge in [-0.05, 0) is 51.4 Å². The molecular weight excluding hydrogens is 330 g/mol. The van der Waals surface area contributed by atoms with Crippen molar-refractivity contribution < 1.29 is 0 Å². The SMILES string of the molecule is CCNC(c1sccc1Br)c1snnc1C(C)C. The van der Waals surface area contributed by atoms with Crippen LogP contribution in [0, 0.1) is 0 Å². The highest BCUT2D eigenvalue weighted by atomic mass is 79.9. The van der Waals surface area contributed by atoms with Crippen molar-refractivity contribution in [3.8, 4) is 0 Å². The first-order valence-electron chi connectivity index (χ1n) is 5.93. The largest absolute Gasteiger partial charge is 0.305 e. The van der Waals surface area contributed by atoms with E-state index in [1.54, 1.807) is 11.3 Å². The zero-order valence-corrected chi connectivity index (χ0v) is 13.8. The van der Waals surface area contributed by atoms with E-state index in [-0.39, 0.29) is 6.04 Å². The molecule has 0 aliphatic rings. The number of nitrogens with zero attached hydrogens (tertiary/aromatic N) is 2.